The van der Waals surface area contributed by atoms with Gasteiger partial charge < -0.3 is 14.6 Å². The first kappa shape index (κ1) is 35.9. The molecule has 0 amide bonds. The van der Waals surface area contributed by atoms with Gasteiger partial charge in [-0.15, -0.1) is 0 Å². The largest absolute Gasteiger partial charge is 0.463 e. The lowest BCUT2D eigenvalue weighted by atomic mass is 10.0. The molecule has 1 atom stereocenters. The molecule has 0 unspecified atom stereocenters. The number of esters is 2. The van der Waals surface area contributed by atoms with Crippen molar-refractivity contribution < 1.29 is 24.2 Å². The van der Waals surface area contributed by atoms with E-state index in [0.29, 0.717) is 12.8 Å². The van der Waals surface area contributed by atoms with Crippen LogP contribution in [0, 0.1) is 5.92 Å². The summed E-state index contributed by atoms with van der Waals surface area (Å²) in [7, 11) is 0. The highest BCUT2D eigenvalue weighted by molar-refractivity contribution is 5.69. The van der Waals surface area contributed by atoms with Crippen LogP contribution in [-0.2, 0) is 19.1 Å². The molecule has 0 aliphatic heterocycles. The maximum Gasteiger partial charge on any atom is 0.305 e. The highest BCUT2D eigenvalue weighted by Crippen LogP contribution is 2.15. The van der Waals surface area contributed by atoms with Gasteiger partial charge in [0.1, 0.15) is 19.3 Å². The molecule has 0 aliphatic carbocycles. The third kappa shape index (κ3) is 29.3. The number of rotatable bonds is 28. The summed E-state index contributed by atoms with van der Waals surface area (Å²) in [6.45, 7) is 6.60. The molecule has 5 nitrogen and oxygen atoms in total. The lowest BCUT2D eigenvalue weighted by Gasteiger charge is -2.12. The van der Waals surface area contributed by atoms with Crippen LogP contribution in [0.3, 0.4) is 0 Å². The fraction of sp³-hybridized carbons (Fsp3) is 0.938. The van der Waals surface area contributed by atoms with E-state index < -0.39 is 6.10 Å². The van der Waals surface area contributed by atoms with Gasteiger partial charge in [-0.2, -0.15) is 0 Å². The first-order valence-corrected chi connectivity index (χ1v) is 15.9. The van der Waals surface area contributed by atoms with Crippen LogP contribution in [0.5, 0.6) is 0 Å². The molecule has 37 heavy (non-hydrogen) atoms. The molecule has 0 aromatic heterocycles. The highest BCUT2D eigenvalue weighted by Gasteiger charge is 2.12. The molecule has 0 heterocycles. The van der Waals surface area contributed by atoms with Crippen molar-refractivity contribution in [1.82, 2.24) is 0 Å². The molecule has 5 heteroatoms. The van der Waals surface area contributed by atoms with Crippen LogP contribution in [0.4, 0.5) is 0 Å². The van der Waals surface area contributed by atoms with Gasteiger partial charge in [0.15, 0.2) is 0 Å². The number of hydrogen-bond donors (Lipinski definition) is 1. The zero-order valence-electron chi connectivity index (χ0n) is 24.9. The van der Waals surface area contributed by atoms with Crippen LogP contribution in [0.1, 0.15) is 168 Å². The van der Waals surface area contributed by atoms with Crippen molar-refractivity contribution in [2.45, 2.75) is 175 Å². The van der Waals surface area contributed by atoms with Crippen molar-refractivity contribution in [2.75, 3.05) is 13.2 Å². The van der Waals surface area contributed by atoms with E-state index >= 15 is 0 Å². The summed E-state index contributed by atoms with van der Waals surface area (Å²) >= 11 is 0. The van der Waals surface area contributed by atoms with Crippen LogP contribution in [0.15, 0.2) is 0 Å². The second-order valence-electron chi connectivity index (χ2n) is 11.4. The van der Waals surface area contributed by atoms with Crippen molar-refractivity contribution >= 4 is 11.9 Å². The Labute approximate surface area is 229 Å². The highest BCUT2D eigenvalue weighted by atomic mass is 16.6. The molecule has 0 saturated carbocycles. The maximum absolute atomic E-state index is 11.9. The summed E-state index contributed by atoms with van der Waals surface area (Å²) in [6.07, 6.45) is 25.9. The van der Waals surface area contributed by atoms with E-state index in [2.05, 4.69) is 20.8 Å². The van der Waals surface area contributed by atoms with Gasteiger partial charge in [-0.1, -0.05) is 143 Å². The minimum atomic E-state index is -0.952. The number of hydrogen-bond acceptors (Lipinski definition) is 5. The molecule has 0 fully saturated rings. The fourth-order valence-corrected chi connectivity index (χ4v) is 4.56. The van der Waals surface area contributed by atoms with E-state index in [0.717, 1.165) is 38.0 Å². The summed E-state index contributed by atoms with van der Waals surface area (Å²) in [4.78, 5) is 23.6. The Balaban J connectivity index is 3.39. The molecular formula is C32H62O5. The number of carbonyl (C=O) groups is 2. The fourth-order valence-electron chi connectivity index (χ4n) is 4.56. The Morgan fingerprint density at radius 3 is 1.22 bits per heavy atom. The molecule has 220 valence electrons. The average molecular weight is 527 g/mol. The standard InChI is InChI=1S/C32H62O5/c1-4-5-6-7-15-19-22-25-31(34)36-27-30(33)28-37-32(35)26-23-20-17-14-12-10-8-9-11-13-16-18-21-24-29(2)3/h29-30,33H,4-28H2,1-3H3/t30-/m1/s1. The molecule has 0 aliphatic rings. The van der Waals surface area contributed by atoms with Crippen molar-refractivity contribution in [3.8, 4) is 0 Å². The second-order valence-corrected chi connectivity index (χ2v) is 11.4. The van der Waals surface area contributed by atoms with Gasteiger partial charge >= 0.3 is 11.9 Å². The van der Waals surface area contributed by atoms with Crippen LogP contribution >= 0.6 is 0 Å². The molecule has 1 N–H and O–H groups in total. The number of carbonyl (C=O) groups excluding carboxylic acids is 2. The third-order valence-electron chi connectivity index (χ3n) is 7.02. The Hall–Kier alpha value is -1.10. The van der Waals surface area contributed by atoms with E-state index in [-0.39, 0.29) is 25.2 Å². The number of aliphatic hydroxyl groups is 1. The first-order valence-electron chi connectivity index (χ1n) is 15.9. The third-order valence-corrected chi connectivity index (χ3v) is 7.02. The molecular weight excluding hydrogens is 464 g/mol. The average Bonchev–Trinajstić information content (AvgIpc) is 2.87. The van der Waals surface area contributed by atoms with Gasteiger partial charge in [-0.25, -0.2) is 0 Å². The van der Waals surface area contributed by atoms with Gasteiger partial charge in [0, 0.05) is 12.8 Å². The first-order chi connectivity index (χ1) is 18.0. The second kappa shape index (κ2) is 27.9. The minimum absolute atomic E-state index is 0.110. The summed E-state index contributed by atoms with van der Waals surface area (Å²) in [5, 5.41) is 9.90. The maximum atomic E-state index is 11.9. The zero-order valence-corrected chi connectivity index (χ0v) is 24.9. The molecule has 0 aromatic carbocycles. The topological polar surface area (TPSA) is 72.8 Å². The van der Waals surface area contributed by atoms with E-state index in [1.54, 1.807) is 0 Å². The predicted octanol–water partition coefficient (Wildman–Crippen LogP) is 9.08. The Bertz CT molecular complexity index is 505. The van der Waals surface area contributed by atoms with E-state index in [4.69, 9.17) is 9.47 Å². The van der Waals surface area contributed by atoms with Crippen molar-refractivity contribution in [1.29, 1.82) is 0 Å². The molecule has 0 saturated heterocycles. The SMILES string of the molecule is CCCCCCCCCC(=O)OC[C@@H](O)COC(=O)CCCCCCCCCCCCCCCC(C)C. The van der Waals surface area contributed by atoms with Crippen LogP contribution in [0.2, 0.25) is 0 Å². The van der Waals surface area contributed by atoms with Crippen molar-refractivity contribution in [2.24, 2.45) is 5.92 Å². The Kier molecular flexibility index (Phi) is 27.1. The predicted molar refractivity (Wildman–Crippen MR) is 155 cm³/mol. The smallest absolute Gasteiger partial charge is 0.305 e. The normalized spacial score (nSPS) is 12.1. The van der Waals surface area contributed by atoms with Gasteiger partial charge in [0.25, 0.3) is 0 Å². The van der Waals surface area contributed by atoms with E-state index in [9.17, 15) is 14.7 Å². The quantitative estimate of drug-likeness (QED) is 0.0813. The van der Waals surface area contributed by atoms with Crippen molar-refractivity contribution in [3.63, 3.8) is 0 Å². The molecule has 0 spiro atoms. The summed E-state index contributed by atoms with van der Waals surface area (Å²) in [5.74, 6) is 0.283. The Morgan fingerprint density at radius 1 is 0.541 bits per heavy atom. The summed E-state index contributed by atoms with van der Waals surface area (Å²) in [5.41, 5.74) is 0. The van der Waals surface area contributed by atoms with Gasteiger partial charge in [0.05, 0.1) is 0 Å². The number of unbranched alkanes of at least 4 members (excludes halogenated alkanes) is 18. The lowest BCUT2D eigenvalue weighted by molar-refractivity contribution is -0.152. The van der Waals surface area contributed by atoms with E-state index in [1.165, 1.54) is 103 Å². The zero-order chi connectivity index (χ0) is 27.4. The minimum Gasteiger partial charge on any atom is -0.463 e. The summed E-state index contributed by atoms with van der Waals surface area (Å²) < 4.78 is 10.2. The van der Waals surface area contributed by atoms with Gasteiger partial charge in [-0.05, 0) is 18.8 Å². The number of aliphatic hydroxyl groups excluding tert-OH is 1. The molecule has 0 bridgehead atoms. The lowest BCUT2D eigenvalue weighted by Crippen LogP contribution is -2.25. The summed E-state index contributed by atoms with van der Waals surface area (Å²) in [6, 6.07) is 0. The van der Waals surface area contributed by atoms with Gasteiger partial charge in [0.2, 0.25) is 0 Å². The van der Waals surface area contributed by atoms with Crippen LogP contribution < -0.4 is 0 Å². The van der Waals surface area contributed by atoms with Crippen LogP contribution in [-0.4, -0.2) is 36.4 Å². The number of ether oxygens (including phenoxy) is 2. The molecule has 0 aromatic rings. The van der Waals surface area contributed by atoms with Crippen molar-refractivity contribution in [3.05, 3.63) is 0 Å². The monoisotopic (exact) mass is 526 g/mol. The molecule has 0 radical (unpaired) electrons. The molecule has 0 rings (SSSR count). The van der Waals surface area contributed by atoms with Crippen LogP contribution in [0.25, 0.3) is 0 Å². The Morgan fingerprint density at radius 2 is 0.865 bits per heavy atom. The van der Waals surface area contributed by atoms with E-state index in [1.807, 2.05) is 0 Å². The van der Waals surface area contributed by atoms with Gasteiger partial charge in [-0.3, -0.25) is 9.59 Å².